The van der Waals surface area contributed by atoms with E-state index in [1.807, 2.05) is 0 Å². The van der Waals surface area contributed by atoms with E-state index in [0.717, 1.165) is 5.39 Å². The van der Waals surface area contributed by atoms with Crippen LogP contribution in [0.1, 0.15) is 0 Å². The van der Waals surface area contributed by atoms with Crippen LogP contribution in [0.4, 0.5) is 0 Å². The van der Waals surface area contributed by atoms with Gasteiger partial charge in [0.05, 0.1) is 4.47 Å². The molecule has 0 amide bonds. The Hall–Kier alpha value is -0.800. The van der Waals surface area contributed by atoms with Gasteiger partial charge in [-0.1, -0.05) is 11.6 Å². The molecule has 0 aliphatic rings. The lowest BCUT2D eigenvalue weighted by Crippen LogP contribution is -1.94. The summed E-state index contributed by atoms with van der Waals surface area (Å²) in [6.45, 7) is 0. The van der Waals surface area contributed by atoms with Crippen molar-refractivity contribution in [2.24, 2.45) is 0 Å². The molecule has 1 heterocycles. The van der Waals surface area contributed by atoms with E-state index in [-0.39, 0.29) is 5.63 Å². The van der Waals surface area contributed by atoms with Crippen LogP contribution < -0.4 is 5.63 Å². The number of halogens is 2. The molecule has 0 bridgehead atoms. The molecule has 4 heteroatoms. The second-order valence-corrected chi connectivity index (χ2v) is 3.85. The average molecular weight is 259 g/mol. The summed E-state index contributed by atoms with van der Waals surface area (Å²) in [6, 6.07) is 6.47. The van der Waals surface area contributed by atoms with Crippen molar-refractivity contribution in [3.63, 3.8) is 0 Å². The van der Waals surface area contributed by atoms with Crippen LogP contribution in [0.2, 0.25) is 5.02 Å². The zero-order valence-corrected chi connectivity index (χ0v) is 8.72. The molecule has 0 saturated carbocycles. The Labute approximate surface area is 87.3 Å². The standard InChI is InChI=1S/C9H4BrClO2/c10-7-4-6(11)3-5-1-2-8(12)13-9(5)7/h1-4H. The van der Waals surface area contributed by atoms with Crippen LogP contribution in [0.15, 0.2) is 37.9 Å². The predicted octanol–water partition coefficient (Wildman–Crippen LogP) is 3.21. The third-order valence-electron chi connectivity index (χ3n) is 1.64. The molecule has 2 nitrogen and oxygen atoms in total. The lowest BCUT2D eigenvalue weighted by Gasteiger charge is -1.98. The molecule has 0 fully saturated rings. The molecule has 0 aliphatic heterocycles. The van der Waals surface area contributed by atoms with Crippen molar-refractivity contribution in [3.8, 4) is 0 Å². The van der Waals surface area contributed by atoms with Crippen molar-refractivity contribution < 1.29 is 4.42 Å². The van der Waals surface area contributed by atoms with E-state index in [0.29, 0.717) is 15.1 Å². The van der Waals surface area contributed by atoms with Crippen molar-refractivity contribution in [1.82, 2.24) is 0 Å². The molecule has 0 atom stereocenters. The molecule has 1 aromatic carbocycles. The Kier molecular flexibility index (Phi) is 2.14. The summed E-state index contributed by atoms with van der Waals surface area (Å²) in [5.74, 6) is 0. The van der Waals surface area contributed by atoms with E-state index >= 15 is 0 Å². The van der Waals surface area contributed by atoms with Crippen molar-refractivity contribution in [2.75, 3.05) is 0 Å². The highest BCUT2D eigenvalue weighted by Crippen LogP contribution is 2.26. The Balaban J connectivity index is 2.95. The Bertz CT molecular complexity index is 518. The van der Waals surface area contributed by atoms with Crippen LogP contribution in [-0.2, 0) is 0 Å². The van der Waals surface area contributed by atoms with Gasteiger partial charge in [0, 0.05) is 16.5 Å². The number of hydrogen-bond donors (Lipinski definition) is 0. The molecule has 0 radical (unpaired) electrons. The molecule has 0 aliphatic carbocycles. The Morgan fingerprint density at radius 3 is 2.85 bits per heavy atom. The lowest BCUT2D eigenvalue weighted by atomic mass is 10.2. The second-order valence-electron chi connectivity index (χ2n) is 2.56. The van der Waals surface area contributed by atoms with Gasteiger partial charge < -0.3 is 4.42 Å². The minimum absolute atomic E-state index is 0.365. The van der Waals surface area contributed by atoms with Gasteiger partial charge in [0.2, 0.25) is 0 Å². The lowest BCUT2D eigenvalue weighted by molar-refractivity contribution is 0.559. The highest BCUT2D eigenvalue weighted by Gasteiger charge is 2.03. The normalized spacial score (nSPS) is 10.6. The number of benzene rings is 1. The summed E-state index contributed by atoms with van der Waals surface area (Å²) in [4.78, 5) is 10.9. The zero-order valence-electron chi connectivity index (χ0n) is 6.38. The van der Waals surface area contributed by atoms with Gasteiger partial charge in [-0.2, -0.15) is 0 Å². The first-order valence-corrected chi connectivity index (χ1v) is 4.73. The maximum atomic E-state index is 10.9. The highest BCUT2D eigenvalue weighted by atomic mass is 79.9. The fraction of sp³-hybridized carbons (Fsp3) is 0. The van der Waals surface area contributed by atoms with Gasteiger partial charge in [0.25, 0.3) is 0 Å². The number of hydrogen-bond acceptors (Lipinski definition) is 2. The fourth-order valence-corrected chi connectivity index (χ4v) is 2.02. The van der Waals surface area contributed by atoms with Crippen LogP contribution in [0.3, 0.4) is 0 Å². The molecule has 0 saturated heterocycles. The van der Waals surface area contributed by atoms with Gasteiger partial charge in [-0.3, -0.25) is 0 Å². The second kappa shape index (κ2) is 3.16. The molecule has 66 valence electrons. The van der Waals surface area contributed by atoms with Gasteiger partial charge in [0.15, 0.2) is 5.58 Å². The van der Waals surface area contributed by atoms with Crippen molar-refractivity contribution in [1.29, 1.82) is 0 Å². The van der Waals surface area contributed by atoms with E-state index in [1.165, 1.54) is 6.07 Å². The average Bonchev–Trinajstić information content (AvgIpc) is 2.06. The summed E-state index contributed by atoms with van der Waals surface area (Å²) >= 11 is 9.08. The first-order chi connectivity index (χ1) is 6.16. The largest absolute Gasteiger partial charge is 0.422 e. The third-order valence-corrected chi connectivity index (χ3v) is 2.45. The van der Waals surface area contributed by atoms with E-state index < -0.39 is 0 Å². The smallest absolute Gasteiger partial charge is 0.336 e. The quantitative estimate of drug-likeness (QED) is 0.680. The van der Waals surface area contributed by atoms with E-state index in [1.54, 1.807) is 18.2 Å². The van der Waals surface area contributed by atoms with E-state index in [2.05, 4.69) is 15.9 Å². The molecule has 2 rings (SSSR count). The topological polar surface area (TPSA) is 30.2 Å². The van der Waals surface area contributed by atoms with Gasteiger partial charge in [-0.15, -0.1) is 0 Å². The molecule has 2 aromatic rings. The summed E-state index contributed by atoms with van der Waals surface area (Å²) < 4.78 is 5.67. The van der Waals surface area contributed by atoms with Gasteiger partial charge in [-0.05, 0) is 34.1 Å². The first-order valence-electron chi connectivity index (χ1n) is 3.56. The summed E-state index contributed by atoms with van der Waals surface area (Å²) in [6.07, 6.45) is 0. The van der Waals surface area contributed by atoms with Gasteiger partial charge >= 0.3 is 5.63 Å². The predicted molar refractivity (Wildman–Crippen MR) is 55.2 cm³/mol. The first kappa shape index (κ1) is 8.78. The van der Waals surface area contributed by atoms with Crippen LogP contribution in [-0.4, -0.2) is 0 Å². The SMILES string of the molecule is O=c1ccc2cc(Cl)cc(Br)c2o1. The highest BCUT2D eigenvalue weighted by molar-refractivity contribution is 9.10. The van der Waals surface area contributed by atoms with Crippen LogP contribution in [0, 0.1) is 0 Å². The van der Waals surface area contributed by atoms with Crippen LogP contribution in [0.5, 0.6) is 0 Å². The zero-order chi connectivity index (χ0) is 9.42. The molecule has 0 unspecified atom stereocenters. The minimum atomic E-state index is -0.365. The third kappa shape index (κ3) is 1.62. The minimum Gasteiger partial charge on any atom is -0.422 e. The summed E-state index contributed by atoms with van der Waals surface area (Å²) in [5, 5.41) is 1.41. The van der Waals surface area contributed by atoms with Crippen molar-refractivity contribution in [2.45, 2.75) is 0 Å². The Morgan fingerprint density at radius 2 is 2.08 bits per heavy atom. The summed E-state index contributed by atoms with van der Waals surface area (Å²) in [7, 11) is 0. The molecule has 0 spiro atoms. The number of fused-ring (bicyclic) bond motifs is 1. The van der Waals surface area contributed by atoms with Gasteiger partial charge in [-0.25, -0.2) is 4.79 Å². The van der Waals surface area contributed by atoms with Crippen LogP contribution in [0.25, 0.3) is 11.0 Å². The van der Waals surface area contributed by atoms with E-state index in [4.69, 9.17) is 16.0 Å². The maximum Gasteiger partial charge on any atom is 0.336 e. The molecule has 13 heavy (non-hydrogen) atoms. The molecule has 1 aromatic heterocycles. The molecule has 0 N–H and O–H groups in total. The maximum absolute atomic E-state index is 10.9. The van der Waals surface area contributed by atoms with E-state index in [9.17, 15) is 4.79 Å². The fourth-order valence-electron chi connectivity index (χ4n) is 1.10. The Morgan fingerprint density at radius 1 is 1.31 bits per heavy atom. The molecular formula is C9H4BrClO2. The molecular weight excluding hydrogens is 255 g/mol. The van der Waals surface area contributed by atoms with Crippen molar-refractivity contribution >= 4 is 38.5 Å². The monoisotopic (exact) mass is 258 g/mol. The summed E-state index contributed by atoms with van der Waals surface area (Å²) in [5.41, 5.74) is 0.160. The van der Waals surface area contributed by atoms with Gasteiger partial charge in [0.1, 0.15) is 0 Å². The van der Waals surface area contributed by atoms with Crippen molar-refractivity contribution in [3.05, 3.63) is 44.2 Å². The number of rotatable bonds is 0. The van der Waals surface area contributed by atoms with Crippen LogP contribution >= 0.6 is 27.5 Å².